The molecule has 0 aliphatic heterocycles. The predicted molar refractivity (Wildman–Crippen MR) is 99.2 cm³/mol. The summed E-state index contributed by atoms with van der Waals surface area (Å²) < 4.78 is 13.0. The monoisotopic (exact) mass is 348 g/mol. The molecule has 0 aliphatic rings. The van der Waals surface area contributed by atoms with E-state index in [0.717, 1.165) is 35.9 Å². The first-order valence-corrected chi connectivity index (χ1v) is 8.96. The Hall–Kier alpha value is -1.95. The molecule has 0 spiro atoms. The normalized spacial score (nSPS) is 11.6. The highest BCUT2D eigenvalue weighted by Gasteiger charge is 2.09. The Labute approximate surface area is 147 Å². The van der Waals surface area contributed by atoms with E-state index < -0.39 is 0 Å². The number of nitrogens with zero attached hydrogens (tertiary/aromatic N) is 3. The van der Waals surface area contributed by atoms with Crippen LogP contribution in [-0.2, 0) is 19.4 Å². The summed E-state index contributed by atoms with van der Waals surface area (Å²) in [6, 6.07) is 6.55. The Balaban J connectivity index is 1.85. The smallest absolute Gasteiger partial charge is 0.193 e. The molecular weight excluding hydrogens is 323 g/mol. The molecule has 1 aromatic carbocycles. The van der Waals surface area contributed by atoms with Crippen molar-refractivity contribution in [3.63, 3.8) is 0 Å². The first-order valence-electron chi connectivity index (χ1n) is 8.15. The molecule has 24 heavy (non-hydrogen) atoms. The van der Waals surface area contributed by atoms with Crippen LogP contribution in [0.1, 0.15) is 28.1 Å². The summed E-state index contributed by atoms with van der Waals surface area (Å²) >= 11 is 1.77. The standard InChI is InChI=1S/C18H25FN4S/c1-5-16-13(2)24-17(22-16)10-11-21-18(20-3)23(4)12-14-6-8-15(19)9-7-14/h6-9H,5,10-12H2,1-4H3,(H,20,21). The largest absolute Gasteiger partial charge is 0.356 e. The van der Waals surface area contributed by atoms with Crippen molar-refractivity contribution in [2.75, 3.05) is 20.6 Å². The lowest BCUT2D eigenvalue weighted by molar-refractivity contribution is 0.476. The van der Waals surface area contributed by atoms with Crippen LogP contribution in [0, 0.1) is 12.7 Å². The van der Waals surface area contributed by atoms with E-state index >= 15 is 0 Å². The summed E-state index contributed by atoms with van der Waals surface area (Å²) in [6.07, 6.45) is 1.87. The first kappa shape index (κ1) is 18.4. The Morgan fingerprint density at radius 3 is 2.62 bits per heavy atom. The van der Waals surface area contributed by atoms with Crippen LogP contribution >= 0.6 is 11.3 Å². The molecule has 1 heterocycles. The van der Waals surface area contributed by atoms with Crippen LogP contribution in [0.15, 0.2) is 29.3 Å². The molecule has 2 rings (SSSR count). The van der Waals surface area contributed by atoms with Crippen molar-refractivity contribution in [3.05, 3.63) is 51.2 Å². The molecule has 1 N–H and O–H groups in total. The third-order valence-electron chi connectivity index (χ3n) is 3.80. The van der Waals surface area contributed by atoms with Crippen molar-refractivity contribution in [1.29, 1.82) is 0 Å². The van der Waals surface area contributed by atoms with Gasteiger partial charge in [-0.3, -0.25) is 4.99 Å². The van der Waals surface area contributed by atoms with E-state index in [9.17, 15) is 4.39 Å². The maximum atomic E-state index is 13.0. The molecular formula is C18H25FN4S. The number of nitrogens with one attached hydrogen (secondary N) is 1. The lowest BCUT2D eigenvalue weighted by atomic mass is 10.2. The maximum Gasteiger partial charge on any atom is 0.193 e. The SMILES string of the molecule is CCc1nc(CCNC(=NC)N(C)Cc2ccc(F)cc2)sc1C. The molecule has 0 saturated carbocycles. The lowest BCUT2D eigenvalue weighted by Crippen LogP contribution is -2.39. The second-order valence-electron chi connectivity index (χ2n) is 5.67. The van der Waals surface area contributed by atoms with Gasteiger partial charge >= 0.3 is 0 Å². The summed E-state index contributed by atoms with van der Waals surface area (Å²) in [7, 11) is 3.74. The van der Waals surface area contributed by atoms with Gasteiger partial charge in [-0.25, -0.2) is 9.37 Å². The third-order valence-corrected chi connectivity index (χ3v) is 4.87. The van der Waals surface area contributed by atoms with E-state index in [-0.39, 0.29) is 5.82 Å². The number of hydrogen-bond acceptors (Lipinski definition) is 3. The molecule has 0 amide bonds. The van der Waals surface area contributed by atoms with Gasteiger partial charge in [0, 0.05) is 38.5 Å². The third kappa shape index (κ3) is 5.03. The van der Waals surface area contributed by atoms with E-state index in [1.807, 2.05) is 11.9 Å². The Morgan fingerprint density at radius 2 is 2.04 bits per heavy atom. The number of aliphatic imine (C=N–C) groups is 1. The number of halogens is 1. The number of hydrogen-bond donors (Lipinski definition) is 1. The van der Waals surface area contributed by atoms with Crippen LogP contribution < -0.4 is 5.32 Å². The summed E-state index contributed by atoms with van der Waals surface area (Å²) in [5.41, 5.74) is 2.25. The van der Waals surface area contributed by atoms with Crippen LogP contribution in [0.2, 0.25) is 0 Å². The van der Waals surface area contributed by atoms with E-state index in [0.29, 0.717) is 6.54 Å². The molecule has 0 aliphatic carbocycles. The van der Waals surface area contributed by atoms with Gasteiger partial charge in [0.25, 0.3) is 0 Å². The van der Waals surface area contributed by atoms with Crippen molar-refractivity contribution >= 4 is 17.3 Å². The number of rotatable bonds is 6. The van der Waals surface area contributed by atoms with Gasteiger partial charge in [-0.05, 0) is 31.0 Å². The molecule has 6 heteroatoms. The van der Waals surface area contributed by atoms with Crippen molar-refractivity contribution in [2.24, 2.45) is 4.99 Å². The minimum Gasteiger partial charge on any atom is -0.356 e. The highest BCUT2D eigenvalue weighted by Crippen LogP contribution is 2.18. The van der Waals surface area contributed by atoms with Crippen molar-refractivity contribution in [2.45, 2.75) is 33.2 Å². The number of thiazole rings is 1. The topological polar surface area (TPSA) is 40.5 Å². The maximum absolute atomic E-state index is 13.0. The van der Waals surface area contributed by atoms with Crippen molar-refractivity contribution in [3.8, 4) is 0 Å². The molecule has 0 unspecified atom stereocenters. The van der Waals surface area contributed by atoms with Gasteiger partial charge in [0.1, 0.15) is 5.82 Å². The number of aromatic nitrogens is 1. The van der Waals surface area contributed by atoms with Gasteiger partial charge < -0.3 is 10.2 Å². The van der Waals surface area contributed by atoms with Gasteiger partial charge in [0.05, 0.1) is 10.7 Å². The molecule has 0 radical (unpaired) electrons. The zero-order valence-electron chi connectivity index (χ0n) is 14.8. The summed E-state index contributed by atoms with van der Waals surface area (Å²) in [4.78, 5) is 12.3. The summed E-state index contributed by atoms with van der Waals surface area (Å²) in [5, 5.41) is 4.53. The Bertz CT molecular complexity index is 679. The first-order chi connectivity index (χ1) is 11.5. The lowest BCUT2D eigenvalue weighted by Gasteiger charge is -2.22. The van der Waals surface area contributed by atoms with Crippen LogP contribution in [0.25, 0.3) is 0 Å². The van der Waals surface area contributed by atoms with Gasteiger partial charge in [-0.15, -0.1) is 11.3 Å². The van der Waals surface area contributed by atoms with Gasteiger partial charge in [0.2, 0.25) is 0 Å². The van der Waals surface area contributed by atoms with E-state index in [1.165, 1.54) is 22.7 Å². The molecule has 2 aromatic rings. The molecule has 0 saturated heterocycles. The highest BCUT2D eigenvalue weighted by molar-refractivity contribution is 7.11. The van der Waals surface area contributed by atoms with Crippen molar-refractivity contribution in [1.82, 2.24) is 15.2 Å². The zero-order valence-corrected chi connectivity index (χ0v) is 15.6. The number of aryl methyl sites for hydroxylation is 2. The van der Waals surface area contributed by atoms with Crippen molar-refractivity contribution < 1.29 is 4.39 Å². The fourth-order valence-electron chi connectivity index (χ4n) is 2.53. The summed E-state index contributed by atoms with van der Waals surface area (Å²) in [5.74, 6) is 0.609. The minimum atomic E-state index is -0.214. The summed E-state index contributed by atoms with van der Waals surface area (Å²) in [6.45, 7) is 5.73. The second kappa shape index (κ2) is 8.78. The molecule has 1 aromatic heterocycles. The predicted octanol–water partition coefficient (Wildman–Crippen LogP) is 3.40. The molecule has 130 valence electrons. The quantitative estimate of drug-likeness (QED) is 0.642. The van der Waals surface area contributed by atoms with Crippen LogP contribution in [-0.4, -0.2) is 36.5 Å². The van der Waals surface area contributed by atoms with Crippen LogP contribution in [0.5, 0.6) is 0 Å². The minimum absolute atomic E-state index is 0.214. The van der Waals surface area contributed by atoms with E-state index in [4.69, 9.17) is 0 Å². The highest BCUT2D eigenvalue weighted by atomic mass is 32.1. The zero-order chi connectivity index (χ0) is 17.5. The van der Waals surface area contributed by atoms with Gasteiger partial charge in [-0.2, -0.15) is 0 Å². The number of guanidine groups is 1. The van der Waals surface area contributed by atoms with Crippen LogP contribution in [0.3, 0.4) is 0 Å². The molecule has 0 bridgehead atoms. The average Bonchev–Trinajstić information content (AvgIpc) is 2.93. The van der Waals surface area contributed by atoms with Gasteiger partial charge in [0.15, 0.2) is 5.96 Å². The number of benzene rings is 1. The average molecular weight is 348 g/mol. The second-order valence-corrected chi connectivity index (χ2v) is 6.96. The molecule has 0 atom stereocenters. The van der Waals surface area contributed by atoms with Gasteiger partial charge in [-0.1, -0.05) is 19.1 Å². The Kier molecular flexibility index (Phi) is 6.73. The molecule has 0 fully saturated rings. The fourth-order valence-corrected chi connectivity index (χ4v) is 3.55. The Morgan fingerprint density at radius 1 is 1.33 bits per heavy atom. The van der Waals surface area contributed by atoms with E-state index in [1.54, 1.807) is 30.5 Å². The van der Waals surface area contributed by atoms with Crippen LogP contribution in [0.4, 0.5) is 4.39 Å². The van der Waals surface area contributed by atoms with E-state index in [2.05, 4.69) is 29.1 Å². The molecule has 4 nitrogen and oxygen atoms in total. The fraction of sp³-hybridized carbons (Fsp3) is 0.444.